The molecule has 0 aromatic heterocycles. The highest BCUT2D eigenvalue weighted by atomic mass is 35.5. The van der Waals surface area contributed by atoms with Crippen molar-refractivity contribution in [3.05, 3.63) is 88.4 Å². The summed E-state index contributed by atoms with van der Waals surface area (Å²) in [6.07, 6.45) is 1.67. The van der Waals surface area contributed by atoms with E-state index in [1.807, 2.05) is 54.6 Å². The van der Waals surface area contributed by atoms with E-state index in [0.29, 0.717) is 28.6 Å². The van der Waals surface area contributed by atoms with E-state index in [2.05, 4.69) is 4.99 Å². The highest BCUT2D eigenvalue weighted by Gasteiger charge is 2.41. The number of ether oxygens (including phenoxy) is 2. The van der Waals surface area contributed by atoms with Crippen molar-refractivity contribution in [3.8, 4) is 11.5 Å². The Labute approximate surface area is 167 Å². The molecule has 0 saturated carbocycles. The van der Waals surface area contributed by atoms with Gasteiger partial charge in [0, 0.05) is 22.7 Å². The third-order valence-electron chi connectivity index (χ3n) is 5.05. The zero-order valence-electron chi connectivity index (χ0n) is 14.9. The predicted octanol–water partition coefficient (Wildman–Crippen LogP) is 4.44. The van der Waals surface area contributed by atoms with Gasteiger partial charge < -0.3 is 19.5 Å². The van der Waals surface area contributed by atoms with E-state index < -0.39 is 5.72 Å². The number of aliphatic imine (C=N–C) groups is 1. The van der Waals surface area contributed by atoms with Crippen LogP contribution in [0.2, 0.25) is 5.02 Å². The smallest absolute Gasteiger partial charge is 0.231 e. The van der Waals surface area contributed by atoms with Gasteiger partial charge in [-0.2, -0.15) is 0 Å². The summed E-state index contributed by atoms with van der Waals surface area (Å²) >= 11 is 6.25. The van der Waals surface area contributed by atoms with Crippen LogP contribution >= 0.6 is 11.6 Å². The molecule has 1 unspecified atom stereocenters. The van der Waals surface area contributed by atoms with Crippen molar-refractivity contribution in [2.24, 2.45) is 4.99 Å². The van der Waals surface area contributed by atoms with Gasteiger partial charge in [-0.3, -0.25) is 0 Å². The topological polar surface area (TPSA) is 54.3 Å². The number of rotatable bonds is 3. The van der Waals surface area contributed by atoms with Crippen LogP contribution in [0.4, 0.5) is 5.69 Å². The van der Waals surface area contributed by atoms with Crippen molar-refractivity contribution in [2.75, 3.05) is 6.79 Å². The predicted molar refractivity (Wildman–Crippen MR) is 107 cm³/mol. The van der Waals surface area contributed by atoms with Crippen LogP contribution in [-0.2, 0) is 12.3 Å². The van der Waals surface area contributed by atoms with Gasteiger partial charge in [0.05, 0.1) is 12.0 Å². The number of hydrogen-bond acceptors (Lipinski definition) is 5. The van der Waals surface area contributed by atoms with Crippen LogP contribution in [0.3, 0.4) is 0 Å². The Kier molecular flexibility index (Phi) is 4.00. The molecule has 0 radical (unpaired) electrons. The molecule has 0 saturated heterocycles. The fourth-order valence-electron chi connectivity index (χ4n) is 3.65. The Hall–Kier alpha value is -3.02. The summed E-state index contributed by atoms with van der Waals surface area (Å²) < 4.78 is 10.9. The van der Waals surface area contributed by atoms with E-state index >= 15 is 0 Å². The molecule has 2 aliphatic heterocycles. The van der Waals surface area contributed by atoms with E-state index in [1.165, 1.54) is 0 Å². The Morgan fingerprint density at radius 2 is 1.82 bits per heavy atom. The maximum absolute atomic E-state index is 12.0. The van der Waals surface area contributed by atoms with Crippen LogP contribution in [0.5, 0.6) is 11.5 Å². The first-order chi connectivity index (χ1) is 13.6. The number of hydrogen-bond donors (Lipinski definition) is 1. The second kappa shape index (κ2) is 6.55. The SMILES string of the molecule is OC1(c2ccccc2)c2cc(Cl)ccc2N=CN1Cc1ccc2c(c1)OCO2. The van der Waals surface area contributed by atoms with Crippen LogP contribution in [0.25, 0.3) is 0 Å². The van der Waals surface area contributed by atoms with E-state index in [-0.39, 0.29) is 6.79 Å². The first-order valence-electron chi connectivity index (χ1n) is 8.92. The molecule has 28 heavy (non-hydrogen) atoms. The van der Waals surface area contributed by atoms with Gasteiger partial charge in [-0.15, -0.1) is 0 Å². The lowest BCUT2D eigenvalue weighted by Crippen LogP contribution is -2.47. The number of aliphatic hydroxyl groups is 1. The van der Waals surface area contributed by atoms with Crippen LogP contribution in [0.15, 0.2) is 71.7 Å². The first kappa shape index (κ1) is 17.1. The normalized spacial score (nSPS) is 19.6. The molecule has 0 fully saturated rings. The lowest BCUT2D eigenvalue weighted by atomic mass is 9.90. The fraction of sp³-hybridized carbons (Fsp3) is 0.136. The molecule has 5 nitrogen and oxygen atoms in total. The van der Waals surface area contributed by atoms with Crippen LogP contribution < -0.4 is 9.47 Å². The molecular formula is C22H17ClN2O3. The van der Waals surface area contributed by atoms with Gasteiger partial charge in [-0.05, 0) is 35.9 Å². The highest BCUT2D eigenvalue weighted by molar-refractivity contribution is 6.30. The number of fused-ring (bicyclic) bond motifs is 2. The van der Waals surface area contributed by atoms with Crippen molar-refractivity contribution in [3.63, 3.8) is 0 Å². The summed E-state index contributed by atoms with van der Waals surface area (Å²) in [5.41, 5.74) is 1.65. The van der Waals surface area contributed by atoms with E-state index in [4.69, 9.17) is 21.1 Å². The largest absolute Gasteiger partial charge is 0.454 e. The Bertz CT molecular complexity index is 1070. The number of nitrogens with zero attached hydrogens (tertiary/aromatic N) is 2. The molecule has 0 spiro atoms. The quantitative estimate of drug-likeness (QED) is 0.716. The average molecular weight is 393 g/mol. The summed E-state index contributed by atoms with van der Waals surface area (Å²) in [6.45, 7) is 0.654. The summed E-state index contributed by atoms with van der Waals surface area (Å²) in [6, 6.07) is 20.7. The summed E-state index contributed by atoms with van der Waals surface area (Å²) in [7, 11) is 0. The van der Waals surface area contributed by atoms with E-state index in [1.54, 1.807) is 23.4 Å². The van der Waals surface area contributed by atoms with Crippen LogP contribution in [0, 0.1) is 0 Å². The maximum atomic E-state index is 12.0. The van der Waals surface area contributed by atoms with Crippen molar-refractivity contribution >= 4 is 23.6 Å². The minimum atomic E-state index is -1.40. The summed E-state index contributed by atoms with van der Waals surface area (Å²) in [5, 5.41) is 12.5. The van der Waals surface area contributed by atoms with E-state index in [0.717, 1.165) is 16.9 Å². The molecule has 0 amide bonds. The van der Waals surface area contributed by atoms with Gasteiger partial charge in [0.25, 0.3) is 0 Å². The van der Waals surface area contributed by atoms with Crippen LogP contribution in [0.1, 0.15) is 16.7 Å². The zero-order valence-corrected chi connectivity index (χ0v) is 15.6. The molecule has 5 rings (SSSR count). The molecular weight excluding hydrogens is 376 g/mol. The standard InChI is InChI=1S/C22H17ClN2O3/c23-17-7-8-19-18(11-17)22(26,16-4-2-1-3-5-16)25(13-24-19)12-15-6-9-20-21(10-15)28-14-27-20/h1-11,13,26H,12,14H2. The summed E-state index contributed by atoms with van der Waals surface area (Å²) in [4.78, 5) is 6.34. The van der Waals surface area contributed by atoms with Crippen LogP contribution in [-0.4, -0.2) is 23.1 Å². The molecule has 140 valence electrons. The first-order valence-corrected chi connectivity index (χ1v) is 9.30. The Morgan fingerprint density at radius 1 is 1.00 bits per heavy atom. The van der Waals surface area contributed by atoms with Crippen molar-refractivity contribution in [1.82, 2.24) is 4.90 Å². The Morgan fingerprint density at radius 3 is 2.68 bits per heavy atom. The minimum absolute atomic E-state index is 0.226. The third-order valence-corrected chi connectivity index (χ3v) is 5.29. The molecule has 2 aliphatic rings. The summed E-state index contributed by atoms with van der Waals surface area (Å²) in [5.74, 6) is 1.43. The van der Waals surface area contributed by atoms with Gasteiger partial charge in [-0.1, -0.05) is 48.0 Å². The molecule has 1 atom stereocenters. The van der Waals surface area contributed by atoms with E-state index in [9.17, 15) is 5.11 Å². The Balaban J connectivity index is 1.60. The molecule has 1 N–H and O–H groups in total. The van der Waals surface area contributed by atoms with Gasteiger partial charge in [-0.25, -0.2) is 4.99 Å². The van der Waals surface area contributed by atoms with Gasteiger partial charge >= 0.3 is 0 Å². The van der Waals surface area contributed by atoms with Gasteiger partial charge in [0.15, 0.2) is 17.2 Å². The lowest BCUT2D eigenvalue weighted by Gasteiger charge is -2.42. The molecule has 0 aliphatic carbocycles. The molecule has 2 heterocycles. The second-order valence-electron chi connectivity index (χ2n) is 6.76. The molecule has 3 aromatic carbocycles. The molecule has 0 bridgehead atoms. The fourth-order valence-corrected chi connectivity index (χ4v) is 3.83. The third kappa shape index (κ3) is 2.71. The average Bonchev–Trinajstić information content (AvgIpc) is 3.19. The van der Waals surface area contributed by atoms with Gasteiger partial charge in [0.1, 0.15) is 0 Å². The molecule has 3 aromatic rings. The lowest BCUT2D eigenvalue weighted by molar-refractivity contribution is -0.0409. The number of benzene rings is 3. The monoisotopic (exact) mass is 392 g/mol. The maximum Gasteiger partial charge on any atom is 0.231 e. The second-order valence-corrected chi connectivity index (χ2v) is 7.20. The van der Waals surface area contributed by atoms with Gasteiger partial charge in [0.2, 0.25) is 6.79 Å². The highest BCUT2D eigenvalue weighted by Crippen LogP contribution is 2.43. The minimum Gasteiger partial charge on any atom is -0.454 e. The van der Waals surface area contributed by atoms with Crippen molar-refractivity contribution in [1.29, 1.82) is 0 Å². The van der Waals surface area contributed by atoms with Crippen molar-refractivity contribution in [2.45, 2.75) is 12.3 Å². The molecule has 6 heteroatoms. The zero-order chi connectivity index (χ0) is 19.1. The number of halogens is 1. The van der Waals surface area contributed by atoms with Crippen molar-refractivity contribution < 1.29 is 14.6 Å².